The van der Waals surface area contributed by atoms with Crippen LogP contribution in [-0.4, -0.2) is 12.7 Å². The minimum absolute atomic E-state index is 0.0636. The highest BCUT2D eigenvalue weighted by Gasteiger charge is 2.13. The quantitative estimate of drug-likeness (QED) is 0.851. The molecule has 0 aliphatic carbocycles. The second kappa shape index (κ2) is 5.35. The largest absolute Gasteiger partial charge is 0.449 e. The van der Waals surface area contributed by atoms with Gasteiger partial charge >= 0.3 is 6.09 Å². The molecular weight excluding hydrogens is 216 g/mol. The molecule has 0 unspecified atom stereocenters. The Balaban J connectivity index is 2.54. The number of carbonyl (C=O) groups excluding carboxylic acids is 1. The van der Waals surface area contributed by atoms with Gasteiger partial charge in [-0.15, -0.1) is 0 Å². The first kappa shape index (κ1) is 13.0. The molecule has 0 aliphatic heterocycles. The van der Waals surface area contributed by atoms with E-state index in [0.717, 1.165) is 0 Å². The van der Waals surface area contributed by atoms with Crippen molar-refractivity contribution in [3.63, 3.8) is 0 Å². The van der Waals surface area contributed by atoms with Crippen LogP contribution in [0.2, 0.25) is 0 Å². The van der Waals surface area contributed by atoms with Gasteiger partial charge in [-0.05, 0) is 23.6 Å². The molecule has 4 heteroatoms. The predicted octanol–water partition coefficient (Wildman–Crippen LogP) is 3.15. The SMILES string of the molecule is CC(C)(C)COC(=O)Nc1cccc(C#N)c1. The summed E-state index contributed by atoms with van der Waals surface area (Å²) in [5, 5.41) is 11.3. The Hall–Kier alpha value is -2.02. The monoisotopic (exact) mass is 232 g/mol. The van der Waals surface area contributed by atoms with E-state index in [0.29, 0.717) is 17.9 Å². The van der Waals surface area contributed by atoms with E-state index in [1.54, 1.807) is 24.3 Å². The molecule has 1 N–H and O–H groups in total. The zero-order valence-electron chi connectivity index (χ0n) is 10.3. The van der Waals surface area contributed by atoms with Gasteiger partial charge in [0.2, 0.25) is 0 Å². The minimum Gasteiger partial charge on any atom is -0.449 e. The zero-order valence-corrected chi connectivity index (χ0v) is 10.3. The van der Waals surface area contributed by atoms with E-state index in [1.807, 2.05) is 26.8 Å². The van der Waals surface area contributed by atoms with E-state index < -0.39 is 6.09 Å². The van der Waals surface area contributed by atoms with Crippen molar-refractivity contribution < 1.29 is 9.53 Å². The van der Waals surface area contributed by atoms with Crippen LogP contribution in [0.1, 0.15) is 26.3 Å². The molecule has 0 aliphatic rings. The second-order valence-corrected chi connectivity index (χ2v) is 4.95. The predicted molar refractivity (Wildman–Crippen MR) is 65.6 cm³/mol. The lowest BCUT2D eigenvalue weighted by molar-refractivity contribution is 0.118. The number of benzene rings is 1. The summed E-state index contributed by atoms with van der Waals surface area (Å²) in [6.45, 7) is 6.29. The number of ether oxygens (including phenoxy) is 1. The Morgan fingerprint density at radius 1 is 1.47 bits per heavy atom. The van der Waals surface area contributed by atoms with Crippen molar-refractivity contribution in [3.05, 3.63) is 29.8 Å². The molecule has 0 saturated heterocycles. The van der Waals surface area contributed by atoms with Crippen molar-refractivity contribution in [2.75, 3.05) is 11.9 Å². The molecule has 0 saturated carbocycles. The van der Waals surface area contributed by atoms with Crippen LogP contribution in [0.5, 0.6) is 0 Å². The molecule has 0 heterocycles. The van der Waals surface area contributed by atoms with Gasteiger partial charge in [-0.3, -0.25) is 5.32 Å². The number of nitriles is 1. The molecular formula is C13H16N2O2. The van der Waals surface area contributed by atoms with Crippen LogP contribution in [-0.2, 0) is 4.74 Å². The van der Waals surface area contributed by atoms with Gasteiger partial charge < -0.3 is 4.74 Å². The Bertz CT molecular complexity index is 441. The molecule has 0 atom stereocenters. The highest BCUT2D eigenvalue weighted by molar-refractivity contribution is 5.84. The average Bonchev–Trinajstić information content (AvgIpc) is 2.26. The molecule has 0 fully saturated rings. The Labute approximate surface area is 101 Å². The third kappa shape index (κ3) is 5.03. The normalized spacial score (nSPS) is 10.5. The van der Waals surface area contributed by atoms with E-state index in [4.69, 9.17) is 10.00 Å². The summed E-state index contributed by atoms with van der Waals surface area (Å²) in [4.78, 5) is 11.4. The van der Waals surface area contributed by atoms with Crippen LogP contribution in [0.15, 0.2) is 24.3 Å². The topological polar surface area (TPSA) is 62.1 Å². The maximum absolute atomic E-state index is 11.4. The fraction of sp³-hybridized carbons (Fsp3) is 0.385. The van der Waals surface area contributed by atoms with Gasteiger partial charge in [-0.1, -0.05) is 26.8 Å². The van der Waals surface area contributed by atoms with Crippen LogP contribution < -0.4 is 5.32 Å². The Morgan fingerprint density at radius 2 is 2.18 bits per heavy atom. The number of rotatable bonds is 2. The van der Waals surface area contributed by atoms with Gasteiger partial charge in [0.25, 0.3) is 0 Å². The van der Waals surface area contributed by atoms with Crippen LogP contribution in [0.3, 0.4) is 0 Å². The number of nitrogens with one attached hydrogen (secondary N) is 1. The van der Waals surface area contributed by atoms with Crippen molar-refractivity contribution in [2.24, 2.45) is 5.41 Å². The molecule has 0 aromatic heterocycles. The van der Waals surface area contributed by atoms with Crippen molar-refractivity contribution in [1.82, 2.24) is 0 Å². The summed E-state index contributed by atoms with van der Waals surface area (Å²) in [5.41, 5.74) is 0.993. The van der Waals surface area contributed by atoms with E-state index in [1.165, 1.54) is 0 Å². The van der Waals surface area contributed by atoms with Crippen molar-refractivity contribution in [2.45, 2.75) is 20.8 Å². The molecule has 4 nitrogen and oxygen atoms in total. The summed E-state index contributed by atoms with van der Waals surface area (Å²) in [7, 11) is 0. The smallest absolute Gasteiger partial charge is 0.411 e. The molecule has 0 spiro atoms. The van der Waals surface area contributed by atoms with E-state index in [2.05, 4.69) is 5.32 Å². The number of anilines is 1. The third-order valence-corrected chi connectivity index (χ3v) is 1.87. The molecule has 1 aromatic carbocycles. The van der Waals surface area contributed by atoms with Gasteiger partial charge in [0.15, 0.2) is 0 Å². The zero-order chi connectivity index (χ0) is 12.9. The molecule has 17 heavy (non-hydrogen) atoms. The summed E-state index contributed by atoms with van der Waals surface area (Å²) in [6.07, 6.45) is -0.505. The van der Waals surface area contributed by atoms with E-state index in [9.17, 15) is 4.79 Å². The molecule has 1 aromatic rings. The lowest BCUT2D eigenvalue weighted by Gasteiger charge is -2.17. The summed E-state index contributed by atoms with van der Waals surface area (Å²) in [6, 6.07) is 8.69. The van der Waals surface area contributed by atoms with Gasteiger partial charge in [0.05, 0.1) is 18.2 Å². The summed E-state index contributed by atoms with van der Waals surface area (Å²) < 4.78 is 5.05. The van der Waals surface area contributed by atoms with Gasteiger partial charge in [0, 0.05) is 5.69 Å². The number of nitrogens with zero attached hydrogens (tertiary/aromatic N) is 1. The van der Waals surface area contributed by atoms with Gasteiger partial charge in [-0.2, -0.15) is 5.26 Å². The van der Waals surface area contributed by atoms with Crippen LogP contribution in [0.4, 0.5) is 10.5 Å². The summed E-state index contributed by atoms with van der Waals surface area (Å²) in [5.74, 6) is 0. The first-order chi connectivity index (χ1) is 7.90. The Kier molecular flexibility index (Phi) is 4.11. The minimum atomic E-state index is -0.505. The van der Waals surface area contributed by atoms with Gasteiger partial charge in [-0.25, -0.2) is 4.79 Å². The fourth-order valence-corrected chi connectivity index (χ4v) is 1.10. The standard InChI is InChI=1S/C13H16N2O2/c1-13(2,3)9-17-12(16)15-11-6-4-5-10(7-11)8-14/h4-7H,9H2,1-3H3,(H,15,16). The highest BCUT2D eigenvalue weighted by atomic mass is 16.5. The number of amides is 1. The lowest BCUT2D eigenvalue weighted by Crippen LogP contribution is -2.21. The maximum Gasteiger partial charge on any atom is 0.411 e. The average molecular weight is 232 g/mol. The molecule has 0 bridgehead atoms. The van der Waals surface area contributed by atoms with Gasteiger partial charge in [0.1, 0.15) is 0 Å². The van der Waals surface area contributed by atoms with Crippen LogP contribution >= 0.6 is 0 Å². The number of carbonyl (C=O) groups is 1. The molecule has 90 valence electrons. The van der Waals surface area contributed by atoms with E-state index in [-0.39, 0.29) is 5.41 Å². The third-order valence-electron chi connectivity index (χ3n) is 1.87. The van der Waals surface area contributed by atoms with Crippen LogP contribution in [0, 0.1) is 16.7 Å². The summed E-state index contributed by atoms with van der Waals surface area (Å²) >= 11 is 0. The second-order valence-electron chi connectivity index (χ2n) is 4.95. The number of hydrogen-bond acceptors (Lipinski definition) is 3. The van der Waals surface area contributed by atoms with Crippen molar-refractivity contribution in [3.8, 4) is 6.07 Å². The van der Waals surface area contributed by atoms with Crippen LogP contribution in [0.25, 0.3) is 0 Å². The number of hydrogen-bond donors (Lipinski definition) is 1. The first-order valence-corrected chi connectivity index (χ1v) is 5.35. The highest BCUT2D eigenvalue weighted by Crippen LogP contribution is 2.14. The lowest BCUT2D eigenvalue weighted by atomic mass is 9.99. The van der Waals surface area contributed by atoms with E-state index >= 15 is 0 Å². The molecule has 1 amide bonds. The molecule has 0 radical (unpaired) electrons. The fourth-order valence-electron chi connectivity index (χ4n) is 1.10. The van der Waals surface area contributed by atoms with Crippen molar-refractivity contribution in [1.29, 1.82) is 5.26 Å². The molecule has 1 rings (SSSR count). The maximum atomic E-state index is 11.4. The Morgan fingerprint density at radius 3 is 2.76 bits per heavy atom. The van der Waals surface area contributed by atoms with Crippen molar-refractivity contribution >= 4 is 11.8 Å². The first-order valence-electron chi connectivity index (χ1n) is 5.35.